The topological polar surface area (TPSA) is 27.7 Å². The average Bonchev–Trinajstić information content (AvgIpc) is 1.88. The molecule has 0 amide bonds. The first-order valence-corrected chi connectivity index (χ1v) is 2.60. The summed E-state index contributed by atoms with van der Waals surface area (Å²) in [7, 11) is 1.46. The number of terminal acetylenes is 1. The van der Waals surface area contributed by atoms with Crippen molar-refractivity contribution in [3.63, 3.8) is 0 Å². The Labute approximate surface area is 54.9 Å². The molecule has 0 aliphatic heterocycles. The molecule has 0 aromatic rings. The van der Waals surface area contributed by atoms with E-state index in [4.69, 9.17) is 11.2 Å². The van der Waals surface area contributed by atoms with Crippen molar-refractivity contribution in [1.82, 2.24) is 0 Å². The first kappa shape index (κ1) is 8.28. The van der Waals surface area contributed by atoms with E-state index in [1.165, 1.54) is 7.11 Å². The number of hydrogen-bond donors (Lipinski definition) is 0. The minimum atomic E-state index is -0.722. The summed E-state index contributed by atoms with van der Waals surface area (Å²) in [5.41, 5.74) is 0. The van der Waals surface area contributed by atoms with Crippen LogP contribution >= 0.6 is 0 Å². The second-order valence-electron chi connectivity index (χ2n) is 1.22. The first-order chi connectivity index (χ1) is 4.35. The van der Waals surface area contributed by atoms with Gasteiger partial charge in [-0.25, -0.2) is 0 Å². The molecule has 3 heteroatoms. The molecule has 0 aliphatic carbocycles. The number of methoxy groups -OCH3 is 1. The van der Waals surface area contributed by atoms with E-state index in [0.717, 1.165) is 0 Å². The highest BCUT2D eigenvalue weighted by Gasteiger charge is 2.02. The summed E-state index contributed by atoms with van der Waals surface area (Å²) in [6, 6.07) is 0. The minimum Gasteiger partial charge on any atom is -0.389 e. The maximum atomic E-state index is 4.84. The van der Waals surface area contributed by atoms with Gasteiger partial charge in [-0.3, -0.25) is 0 Å². The third-order valence-electron chi connectivity index (χ3n) is 0.659. The Balaban J connectivity index is 3.32. The zero-order valence-corrected chi connectivity index (χ0v) is 5.59. The van der Waals surface area contributed by atoms with Gasteiger partial charge in [0.2, 0.25) is 0 Å². The van der Waals surface area contributed by atoms with Crippen molar-refractivity contribution in [1.29, 1.82) is 0 Å². The van der Waals surface area contributed by atoms with Gasteiger partial charge >= 0.3 is 6.48 Å². The summed E-state index contributed by atoms with van der Waals surface area (Å²) in [6.07, 6.45) is 6.76. The summed E-state index contributed by atoms with van der Waals surface area (Å²) in [5.74, 6) is 0. The first-order valence-electron chi connectivity index (χ1n) is 2.60. The highest BCUT2D eigenvalue weighted by Crippen LogP contribution is 1.92. The third-order valence-corrected chi connectivity index (χ3v) is 0.659. The van der Waals surface area contributed by atoms with Crippen LogP contribution in [0.2, 0.25) is 0 Å². The minimum absolute atomic E-state index is 0.514. The molecule has 1 unspecified atom stereocenters. The number of hydrogen-bond acceptors (Lipinski definition) is 3. The van der Waals surface area contributed by atoms with Crippen LogP contribution in [0.15, 0.2) is 0 Å². The molecule has 0 aromatic heterocycles. The zero-order chi connectivity index (χ0) is 7.11. The molecule has 0 heterocycles. The predicted octanol–water partition coefficient (Wildman–Crippen LogP) is 0.560. The lowest BCUT2D eigenvalue weighted by molar-refractivity contribution is -0.244. The van der Waals surface area contributed by atoms with Gasteiger partial charge in [-0.2, -0.15) is 0 Å². The Hall–Kier alpha value is -0.720. The average molecular weight is 130 g/mol. The van der Waals surface area contributed by atoms with Gasteiger partial charge in [0.25, 0.3) is 0 Å². The van der Waals surface area contributed by atoms with Crippen molar-refractivity contribution in [3.8, 4) is 12.5 Å². The van der Waals surface area contributed by atoms with E-state index in [1.807, 2.05) is 13.0 Å². The van der Waals surface area contributed by atoms with Gasteiger partial charge in [0.05, 0.1) is 6.61 Å². The molecule has 0 radical (unpaired) electrons. The van der Waals surface area contributed by atoms with Crippen molar-refractivity contribution >= 4 is 0 Å². The van der Waals surface area contributed by atoms with Gasteiger partial charge in [-0.05, 0) is 6.92 Å². The maximum absolute atomic E-state index is 4.84. The normalized spacial score (nSPS) is 12.1. The van der Waals surface area contributed by atoms with E-state index in [9.17, 15) is 0 Å². The Morgan fingerprint density at radius 3 is 2.67 bits per heavy atom. The molecule has 0 aliphatic rings. The van der Waals surface area contributed by atoms with Gasteiger partial charge in [-0.15, -0.1) is 0 Å². The SMILES string of the molecule is C#COC(OC)OCC. The lowest BCUT2D eigenvalue weighted by atomic mass is 10.9. The van der Waals surface area contributed by atoms with Gasteiger partial charge in [0.15, 0.2) is 0 Å². The van der Waals surface area contributed by atoms with Crippen LogP contribution in [-0.4, -0.2) is 20.2 Å². The van der Waals surface area contributed by atoms with Gasteiger partial charge in [-0.1, -0.05) is 6.42 Å². The largest absolute Gasteiger partial charge is 0.389 e. The van der Waals surface area contributed by atoms with Crippen LogP contribution in [0.1, 0.15) is 6.92 Å². The molecule has 9 heavy (non-hydrogen) atoms. The van der Waals surface area contributed by atoms with Crippen molar-refractivity contribution in [3.05, 3.63) is 0 Å². The van der Waals surface area contributed by atoms with Crippen molar-refractivity contribution in [2.45, 2.75) is 13.4 Å². The fourth-order valence-corrected chi connectivity index (χ4v) is 0.342. The molecule has 3 nitrogen and oxygen atoms in total. The van der Waals surface area contributed by atoms with Crippen LogP contribution in [0, 0.1) is 12.5 Å². The number of rotatable bonds is 4. The standard InChI is InChI=1S/C6H10O3/c1-4-8-6(7-3)9-5-2/h1,6H,5H2,2-3H3. The highest BCUT2D eigenvalue weighted by atomic mass is 16.8. The second-order valence-corrected chi connectivity index (χ2v) is 1.22. The molecule has 0 bridgehead atoms. The molecule has 1 atom stereocenters. The zero-order valence-electron chi connectivity index (χ0n) is 5.59. The molecule has 0 aromatic carbocycles. The molecule has 0 saturated carbocycles. The summed E-state index contributed by atoms with van der Waals surface area (Å²) >= 11 is 0. The van der Waals surface area contributed by atoms with Crippen LogP contribution < -0.4 is 0 Å². The molecule has 0 saturated heterocycles. The Morgan fingerprint density at radius 2 is 2.33 bits per heavy atom. The monoisotopic (exact) mass is 130 g/mol. The predicted molar refractivity (Wildman–Crippen MR) is 32.3 cm³/mol. The van der Waals surface area contributed by atoms with Crippen LogP contribution in [0.4, 0.5) is 0 Å². The smallest absolute Gasteiger partial charge is 0.324 e. The highest BCUT2D eigenvalue weighted by molar-refractivity contribution is 4.67. The van der Waals surface area contributed by atoms with Gasteiger partial charge in [0, 0.05) is 7.11 Å². The summed E-state index contributed by atoms with van der Waals surface area (Å²) < 4.78 is 14.0. The Morgan fingerprint density at radius 1 is 1.67 bits per heavy atom. The fraction of sp³-hybridized carbons (Fsp3) is 0.667. The van der Waals surface area contributed by atoms with Crippen molar-refractivity contribution in [2.24, 2.45) is 0 Å². The van der Waals surface area contributed by atoms with Crippen LogP contribution in [0.25, 0.3) is 0 Å². The van der Waals surface area contributed by atoms with Gasteiger partial charge < -0.3 is 14.2 Å². The summed E-state index contributed by atoms with van der Waals surface area (Å²) in [4.78, 5) is 0. The van der Waals surface area contributed by atoms with Crippen LogP contribution in [0.3, 0.4) is 0 Å². The number of ether oxygens (including phenoxy) is 3. The third kappa shape index (κ3) is 3.83. The molecule has 52 valence electrons. The maximum Gasteiger partial charge on any atom is 0.324 e. The molecular formula is C6H10O3. The summed E-state index contributed by atoms with van der Waals surface area (Å²) in [5, 5.41) is 0. The Bertz CT molecular complexity index is 95.0. The van der Waals surface area contributed by atoms with Crippen molar-refractivity contribution < 1.29 is 14.2 Å². The lowest BCUT2D eigenvalue weighted by Crippen LogP contribution is -2.16. The van der Waals surface area contributed by atoms with E-state index < -0.39 is 6.48 Å². The summed E-state index contributed by atoms with van der Waals surface area (Å²) in [6.45, 7) is 1.62. The molecule has 0 spiro atoms. The van der Waals surface area contributed by atoms with E-state index in [2.05, 4.69) is 9.47 Å². The van der Waals surface area contributed by atoms with Crippen molar-refractivity contribution in [2.75, 3.05) is 13.7 Å². The van der Waals surface area contributed by atoms with Gasteiger partial charge in [0.1, 0.15) is 6.11 Å². The van der Waals surface area contributed by atoms with E-state index in [-0.39, 0.29) is 0 Å². The Kier molecular flexibility index (Phi) is 4.98. The quantitative estimate of drug-likeness (QED) is 0.411. The molecular weight excluding hydrogens is 120 g/mol. The molecule has 0 fully saturated rings. The molecule has 0 N–H and O–H groups in total. The fourth-order valence-electron chi connectivity index (χ4n) is 0.342. The van der Waals surface area contributed by atoms with Crippen LogP contribution in [0.5, 0.6) is 0 Å². The molecule has 0 rings (SSSR count). The lowest BCUT2D eigenvalue weighted by Gasteiger charge is -2.10. The van der Waals surface area contributed by atoms with E-state index in [0.29, 0.717) is 6.61 Å². The van der Waals surface area contributed by atoms with E-state index in [1.54, 1.807) is 0 Å². The second kappa shape index (κ2) is 5.42. The van der Waals surface area contributed by atoms with E-state index >= 15 is 0 Å². The van der Waals surface area contributed by atoms with Crippen LogP contribution in [-0.2, 0) is 14.2 Å².